The molecular formula is C13H19FN2. The summed E-state index contributed by atoms with van der Waals surface area (Å²) in [6.45, 7) is 9.02. The molecule has 0 aromatic heterocycles. The Morgan fingerprint density at radius 2 is 2.25 bits per heavy atom. The molecule has 1 atom stereocenters. The van der Waals surface area contributed by atoms with Crippen molar-refractivity contribution in [1.29, 1.82) is 0 Å². The minimum atomic E-state index is -0.310. The Morgan fingerprint density at radius 3 is 2.75 bits per heavy atom. The fraction of sp³-hybridized carbons (Fsp3) is 0.385. The summed E-state index contributed by atoms with van der Waals surface area (Å²) >= 11 is 0. The van der Waals surface area contributed by atoms with Gasteiger partial charge in [-0.3, -0.25) is 0 Å². The average molecular weight is 222 g/mol. The molecule has 0 fully saturated rings. The van der Waals surface area contributed by atoms with Crippen molar-refractivity contribution in [2.24, 2.45) is 5.73 Å². The minimum Gasteiger partial charge on any atom is -0.368 e. The third-order valence-electron chi connectivity index (χ3n) is 2.56. The van der Waals surface area contributed by atoms with Gasteiger partial charge >= 0.3 is 0 Å². The molecule has 3 heteroatoms. The lowest BCUT2D eigenvalue weighted by Gasteiger charge is -2.26. The highest BCUT2D eigenvalue weighted by Crippen LogP contribution is 2.27. The van der Waals surface area contributed by atoms with Crippen LogP contribution in [0, 0.1) is 5.82 Å². The Kier molecular flexibility index (Phi) is 4.50. The second kappa shape index (κ2) is 5.66. The highest BCUT2D eigenvalue weighted by molar-refractivity contribution is 5.55. The van der Waals surface area contributed by atoms with Crippen LogP contribution < -0.4 is 10.6 Å². The summed E-state index contributed by atoms with van der Waals surface area (Å²) in [5, 5.41) is 0. The topological polar surface area (TPSA) is 29.3 Å². The summed E-state index contributed by atoms with van der Waals surface area (Å²) in [7, 11) is 0. The van der Waals surface area contributed by atoms with Crippen molar-refractivity contribution < 1.29 is 4.39 Å². The van der Waals surface area contributed by atoms with Crippen molar-refractivity contribution in [3.05, 3.63) is 42.2 Å². The Bertz CT molecular complexity index is 361. The maximum atomic E-state index is 13.7. The van der Waals surface area contributed by atoms with Gasteiger partial charge in [-0.2, -0.15) is 0 Å². The van der Waals surface area contributed by atoms with Crippen LogP contribution in [0.1, 0.15) is 25.5 Å². The van der Waals surface area contributed by atoms with E-state index in [1.54, 1.807) is 19.1 Å². The average Bonchev–Trinajstić information content (AvgIpc) is 2.25. The van der Waals surface area contributed by atoms with E-state index in [-0.39, 0.29) is 11.9 Å². The summed E-state index contributed by atoms with van der Waals surface area (Å²) in [5.41, 5.74) is 7.25. The van der Waals surface area contributed by atoms with E-state index in [4.69, 9.17) is 5.73 Å². The van der Waals surface area contributed by atoms with Crippen LogP contribution in [0.5, 0.6) is 0 Å². The molecule has 0 radical (unpaired) electrons. The molecule has 1 rings (SSSR count). The molecule has 0 heterocycles. The van der Waals surface area contributed by atoms with Gasteiger partial charge in [0.1, 0.15) is 5.82 Å². The van der Waals surface area contributed by atoms with E-state index in [9.17, 15) is 4.39 Å². The van der Waals surface area contributed by atoms with Gasteiger partial charge in [0.05, 0.1) is 0 Å². The molecule has 1 unspecified atom stereocenters. The molecule has 0 aliphatic rings. The van der Waals surface area contributed by atoms with Gasteiger partial charge in [-0.1, -0.05) is 12.1 Å². The lowest BCUT2D eigenvalue weighted by molar-refractivity contribution is 0.592. The largest absolute Gasteiger partial charge is 0.368 e. The number of halogens is 1. The molecule has 0 aliphatic carbocycles. The number of likely N-dealkylation sites (N-methyl/N-ethyl adjacent to an activating group) is 1. The third kappa shape index (κ3) is 2.61. The number of nitrogens with zero attached hydrogens (tertiary/aromatic N) is 1. The van der Waals surface area contributed by atoms with Crippen LogP contribution >= 0.6 is 0 Å². The van der Waals surface area contributed by atoms with Crippen LogP contribution in [0.15, 0.2) is 30.9 Å². The standard InChI is InChI=1S/C13H19FN2/c1-4-9-16(5-2)12-8-6-7-11(14)13(12)10(3)15/h4,6-8,10H,1,5,9,15H2,2-3H3. The quantitative estimate of drug-likeness (QED) is 0.776. The molecule has 88 valence electrons. The van der Waals surface area contributed by atoms with Crippen molar-refractivity contribution in [3.63, 3.8) is 0 Å². The summed E-state index contributed by atoms with van der Waals surface area (Å²) in [6.07, 6.45) is 1.80. The zero-order valence-electron chi connectivity index (χ0n) is 9.91. The van der Waals surface area contributed by atoms with Crippen molar-refractivity contribution >= 4 is 5.69 Å². The Hall–Kier alpha value is -1.35. The first-order valence-corrected chi connectivity index (χ1v) is 5.51. The zero-order valence-corrected chi connectivity index (χ0v) is 9.91. The molecule has 0 amide bonds. The van der Waals surface area contributed by atoms with Crippen LogP contribution in [0.2, 0.25) is 0 Å². The first kappa shape index (κ1) is 12.7. The van der Waals surface area contributed by atoms with Gasteiger partial charge in [0.15, 0.2) is 0 Å². The van der Waals surface area contributed by atoms with Crippen molar-refractivity contribution in [1.82, 2.24) is 0 Å². The van der Waals surface area contributed by atoms with Gasteiger partial charge in [0.25, 0.3) is 0 Å². The molecule has 0 bridgehead atoms. The first-order chi connectivity index (χ1) is 7.61. The molecule has 0 saturated carbocycles. The van der Waals surface area contributed by atoms with Crippen LogP contribution in [0.25, 0.3) is 0 Å². The number of benzene rings is 1. The monoisotopic (exact) mass is 222 g/mol. The fourth-order valence-corrected chi connectivity index (χ4v) is 1.81. The van der Waals surface area contributed by atoms with Gasteiger partial charge in [0.2, 0.25) is 0 Å². The Labute approximate surface area is 96.6 Å². The molecule has 2 N–H and O–H groups in total. The molecule has 0 saturated heterocycles. The van der Waals surface area contributed by atoms with Crippen LogP contribution in [-0.4, -0.2) is 13.1 Å². The number of rotatable bonds is 5. The van der Waals surface area contributed by atoms with E-state index < -0.39 is 0 Å². The van der Waals surface area contributed by atoms with E-state index >= 15 is 0 Å². The van der Waals surface area contributed by atoms with Crippen LogP contribution in [-0.2, 0) is 0 Å². The smallest absolute Gasteiger partial charge is 0.130 e. The lowest BCUT2D eigenvalue weighted by Crippen LogP contribution is -2.25. The molecule has 2 nitrogen and oxygen atoms in total. The summed E-state index contributed by atoms with van der Waals surface area (Å²) in [5.74, 6) is -0.241. The van der Waals surface area contributed by atoms with Gasteiger partial charge in [0, 0.05) is 30.4 Å². The van der Waals surface area contributed by atoms with Gasteiger partial charge in [-0.05, 0) is 26.0 Å². The maximum Gasteiger partial charge on any atom is 0.130 e. The van der Waals surface area contributed by atoms with Gasteiger partial charge in [-0.15, -0.1) is 6.58 Å². The SMILES string of the molecule is C=CCN(CC)c1cccc(F)c1C(C)N. The predicted octanol–water partition coefficient (Wildman–Crippen LogP) is 2.86. The first-order valence-electron chi connectivity index (χ1n) is 5.51. The zero-order chi connectivity index (χ0) is 12.1. The second-order valence-corrected chi connectivity index (χ2v) is 3.79. The number of hydrogen-bond donors (Lipinski definition) is 1. The molecular weight excluding hydrogens is 203 g/mol. The molecule has 16 heavy (non-hydrogen) atoms. The maximum absolute atomic E-state index is 13.7. The molecule has 1 aromatic carbocycles. The third-order valence-corrected chi connectivity index (χ3v) is 2.56. The normalized spacial score (nSPS) is 12.2. The van der Waals surface area contributed by atoms with Crippen molar-refractivity contribution in [3.8, 4) is 0 Å². The Balaban J connectivity index is 3.19. The summed E-state index contributed by atoms with van der Waals surface area (Å²) in [4.78, 5) is 2.05. The Morgan fingerprint density at radius 1 is 1.56 bits per heavy atom. The van der Waals surface area contributed by atoms with Crippen molar-refractivity contribution in [2.45, 2.75) is 19.9 Å². The number of anilines is 1. The molecule has 1 aromatic rings. The van der Waals surface area contributed by atoms with E-state index in [0.717, 1.165) is 12.2 Å². The second-order valence-electron chi connectivity index (χ2n) is 3.79. The van der Waals surface area contributed by atoms with E-state index in [1.807, 2.05) is 13.0 Å². The van der Waals surface area contributed by atoms with Gasteiger partial charge in [-0.25, -0.2) is 4.39 Å². The fourth-order valence-electron chi connectivity index (χ4n) is 1.81. The summed E-state index contributed by atoms with van der Waals surface area (Å²) in [6, 6.07) is 4.75. The predicted molar refractivity (Wildman–Crippen MR) is 67.1 cm³/mol. The number of nitrogens with two attached hydrogens (primary N) is 1. The minimum absolute atomic E-state index is 0.241. The lowest BCUT2D eigenvalue weighted by atomic mass is 10.0. The van der Waals surface area contributed by atoms with Crippen molar-refractivity contribution in [2.75, 3.05) is 18.0 Å². The highest BCUT2D eigenvalue weighted by atomic mass is 19.1. The van der Waals surface area contributed by atoms with Gasteiger partial charge < -0.3 is 10.6 Å². The van der Waals surface area contributed by atoms with E-state index in [0.29, 0.717) is 12.1 Å². The summed E-state index contributed by atoms with van der Waals surface area (Å²) < 4.78 is 13.7. The van der Waals surface area contributed by atoms with Crippen LogP contribution in [0.3, 0.4) is 0 Å². The van der Waals surface area contributed by atoms with E-state index in [1.165, 1.54) is 6.07 Å². The number of hydrogen-bond acceptors (Lipinski definition) is 2. The molecule has 0 aliphatic heterocycles. The van der Waals surface area contributed by atoms with Crippen LogP contribution in [0.4, 0.5) is 10.1 Å². The highest BCUT2D eigenvalue weighted by Gasteiger charge is 2.15. The van der Waals surface area contributed by atoms with E-state index in [2.05, 4.69) is 11.5 Å². The molecule has 0 spiro atoms.